The summed E-state index contributed by atoms with van der Waals surface area (Å²) in [6, 6.07) is 0. The summed E-state index contributed by atoms with van der Waals surface area (Å²) >= 11 is 0. The van der Waals surface area contributed by atoms with Gasteiger partial charge in [-0.15, -0.1) is 0 Å². The molecule has 0 rings (SSSR count). The Morgan fingerprint density at radius 3 is 1.33 bits per heavy atom. The van der Waals surface area contributed by atoms with E-state index < -0.39 is 17.9 Å². The van der Waals surface area contributed by atoms with Crippen LogP contribution in [0.1, 0.15) is 29.5 Å². The van der Waals surface area contributed by atoms with E-state index in [4.69, 9.17) is 11.3 Å². The third-order valence-electron chi connectivity index (χ3n) is 0.287. The highest BCUT2D eigenvalue weighted by Crippen LogP contribution is 1.73. The number of carbonyl (C=O) groups is 3. The van der Waals surface area contributed by atoms with Gasteiger partial charge in [-0.05, 0) is 0 Å². The van der Waals surface area contributed by atoms with Gasteiger partial charge in [-0.2, -0.15) is 0 Å². The number of carboxylic acid groups (broad SMARTS) is 1. The molecule has 0 bridgehead atoms. The monoisotopic (exact) mass is 180 g/mol. The van der Waals surface area contributed by atoms with Crippen LogP contribution in [0.15, 0.2) is 0 Å². The van der Waals surface area contributed by atoms with Crippen LogP contribution in [0.4, 0.5) is 0 Å². The van der Waals surface area contributed by atoms with Crippen LogP contribution in [0, 0.1) is 0 Å². The van der Waals surface area contributed by atoms with Crippen LogP contribution in [0.5, 0.6) is 0 Å². The van der Waals surface area contributed by atoms with E-state index in [1.54, 1.807) is 0 Å². The molecule has 0 aromatic heterocycles. The number of ether oxygens (including phenoxy) is 1. The average Bonchev–Trinajstić information content (AvgIpc) is 1.87. The quantitative estimate of drug-likeness (QED) is 0.441. The van der Waals surface area contributed by atoms with Gasteiger partial charge in [0, 0.05) is 22.1 Å². The van der Waals surface area contributed by atoms with E-state index in [-0.39, 0.29) is 0 Å². The number of carboxylic acids is 1. The molecule has 72 valence electrons. The van der Waals surface area contributed by atoms with Crippen LogP contribution in [0.3, 0.4) is 0 Å². The summed E-state index contributed by atoms with van der Waals surface area (Å²) in [6.45, 7) is 3.45. The standard InChI is InChI=1S/C4H6O3.C2H4O2.CH4/c1-3(5)7-4(2)6;1-2(3)4;/h1-2H3;1H3,(H,3,4);1H4/i;;1T. The maximum Gasteiger partial charge on any atom is 0.310 e. The Labute approximate surface area is 72.7 Å². The van der Waals surface area contributed by atoms with Crippen molar-refractivity contribution >= 4 is 17.9 Å². The van der Waals surface area contributed by atoms with E-state index in [1.807, 2.05) is 0 Å². The Kier molecular flexibility index (Phi) is 10.6. The van der Waals surface area contributed by atoms with Crippen molar-refractivity contribution in [1.29, 1.82) is 0 Å². The molecular weight excluding hydrogens is 164 g/mol. The van der Waals surface area contributed by atoms with Crippen LogP contribution in [-0.2, 0) is 19.1 Å². The minimum Gasteiger partial charge on any atom is -0.481 e. The summed E-state index contributed by atoms with van der Waals surface area (Å²) in [6.07, 6.45) is 0. The number of hydrogen-bond donors (Lipinski definition) is 1. The van der Waals surface area contributed by atoms with E-state index in [0.717, 1.165) is 6.92 Å². The number of esters is 2. The van der Waals surface area contributed by atoms with Gasteiger partial charge < -0.3 is 9.84 Å². The van der Waals surface area contributed by atoms with Gasteiger partial charge in [-0.1, -0.05) is 7.40 Å². The SMILES string of the molecule is CC(=O)O.CC(=O)OC(C)=O.[3H]C. The summed E-state index contributed by atoms with van der Waals surface area (Å²) in [5.41, 5.74) is 0. The van der Waals surface area contributed by atoms with Crippen molar-refractivity contribution in [3.8, 4) is 0 Å². The Morgan fingerprint density at radius 2 is 1.33 bits per heavy atom. The van der Waals surface area contributed by atoms with E-state index in [2.05, 4.69) is 4.74 Å². The highest BCUT2D eigenvalue weighted by Gasteiger charge is 1.93. The highest BCUT2D eigenvalue weighted by molar-refractivity contribution is 5.82. The molecule has 0 unspecified atom stereocenters. The van der Waals surface area contributed by atoms with Crippen LogP contribution < -0.4 is 0 Å². The van der Waals surface area contributed by atoms with Crippen molar-refractivity contribution in [2.75, 3.05) is 0 Å². The molecule has 0 heterocycles. The first-order chi connectivity index (χ1) is 5.86. The van der Waals surface area contributed by atoms with E-state index in [0.29, 0.717) is 0 Å². The highest BCUT2D eigenvalue weighted by atomic mass is 16.6. The third-order valence-corrected chi connectivity index (χ3v) is 0.287. The van der Waals surface area contributed by atoms with Crippen molar-refractivity contribution in [3.05, 3.63) is 0 Å². The Balaban J connectivity index is -0.000000142. The number of hydrogen-bond acceptors (Lipinski definition) is 4. The second-order valence-corrected chi connectivity index (χ2v) is 1.60. The first kappa shape index (κ1) is 13.2. The summed E-state index contributed by atoms with van der Waals surface area (Å²) in [4.78, 5) is 28.6. The molecule has 0 aliphatic heterocycles. The second kappa shape index (κ2) is 9.61. The molecule has 12 heavy (non-hydrogen) atoms. The lowest BCUT2D eigenvalue weighted by Crippen LogP contribution is -2.03. The topological polar surface area (TPSA) is 80.7 Å². The fourth-order valence-electron chi connectivity index (χ4n) is 0.202. The lowest BCUT2D eigenvalue weighted by atomic mass is 10.7. The summed E-state index contributed by atoms with van der Waals surface area (Å²) in [5.74, 6) is -1.96. The van der Waals surface area contributed by atoms with Crippen molar-refractivity contribution < 1.29 is 25.6 Å². The molecule has 0 fully saturated rings. The normalized spacial score (nSPS) is 7.17. The zero-order chi connectivity index (χ0) is 11.4. The fourth-order valence-corrected chi connectivity index (χ4v) is 0.202. The molecule has 0 aliphatic rings. The minimum atomic E-state index is -0.833. The number of rotatable bonds is 0. The molecule has 0 aliphatic carbocycles. The fraction of sp³-hybridized carbons (Fsp3) is 0.571. The van der Waals surface area contributed by atoms with Gasteiger partial charge in [0.2, 0.25) is 0 Å². The lowest BCUT2D eigenvalue weighted by molar-refractivity contribution is -0.156. The number of carbonyl (C=O) groups excluding carboxylic acids is 2. The largest absolute Gasteiger partial charge is 0.481 e. The van der Waals surface area contributed by atoms with Gasteiger partial charge in [-0.3, -0.25) is 14.4 Å². The molecule has 0 radical (unpaired) electrons. The molecular formula is C7H14O5. The van der Waals surface area contributed by atoms with Crippen LogP contribution in [-0.4, -0.2) is 23.0 Å². The summed E-state index contributed by atoms with van der Waals surface area (Å²) in [7, 11) is 1.25. The van der Waals surface area contributed by atoms with Gasteiger partial charge >= 0.3 is 11.9 Å². The zero-order valence-corrected chi connectivity index (χ0v) is 7.58. The van der Waals surface area contributed by atoms with Gasteiger partial charge in [0.25, 0.3) is 5.97 Å². The molecule has 0 atom stereocenters. The summed E-state index contributed by atoms with van der Waals surface area (Å²) in [5, 5.41) is 7.42. The Hall–Kier alpha value is -1.39. The molecule has 0 aromatic rings. The first-order valence-corrected chi connectivity index (χ1v) is 2.74. The molecule has 0 saturated carbocycles. The Bertz CT molecular complexity index is 150. The van der Waals surface area contributed by atoms with Crippen LogP contribution >= 0.6 is 0 Å². The van der Waals surface area contributed by atoms with E-state index in [9.17, 15) is 9.59 Å². The molecule has 0 amide bonds. The smallest absolute Gasteiger partial charge is 0.310 e. The van der Waals surface area contributed by atoms with Gasteiger partial charge in [0.15, 0.2) is 0 Å². The first-order valence-electron chi connectivity index (χ1n) is 3.74. The molecule has 1 N–H and O–H groups in total. The molecule has 5 heteroatoms. The molecule has 0 spiro atoms. The second-order valence-electron chi connectivity index (χ2n) is 1.60. The zero-order valence-electron chi connectivity index (χ0n) is 8.58. The van der Waals surface area contributed by atoms with Crippen LogP contribution in [0.25, 0.3) is 0 Å². The minimum absolute atomic E-state index is 0.562. The molecule has 5 nitrogen and oxygen atoms in total. The van der Waals surface area contributed by atoms with Crippen molar-refractivity contribution in [3.63, 3.8) is 0 Å². The lowest BCUT2D eigenvalue weighted by Gasteiger charge is -1.87. The van der Waals surface area contributed by atoms with Crippen molar-refractivity contribution in [2.45, 2.75) is 28.2 Å². The van der Waals surface area contributed by atoms with Crippen LogP contribution in [0.2, 0.25) is 0 Å². The van der Waals surface area contributed by atoms with Crippen molar-refractivity contribution in [1.82, 2.24) is 0 Å². The van der Waals surface area contributed by atoms with E-state index >= 15 is 0 Å². The Morgan fingerprint density at radius 1 is 1.17 bits per heavy atom. The third kappa shape index (κ3) is 73.2. The van der Waals surface area contributed by atoms with Gasteiger partial charge in [-0.25, -0.2) is 0 Å². The predicted octanol–water partition coefficient (Wildman–Crippen LogP) is 0.823. The van der Waals surface area contributed by atoms with Gasteiger partial charge in [0.1, 0.15) is 0 Å². The summed E-state index contributed by atoms with van der Waals surface area (Å²) < 4.78 is 9.72. The van der Waals surface area contributed by atoms with Gasteiger partial charge in [0.05, 0.1) is 0 Å². The number of aliphatic carboxylic acids is 1. The molecule has 0 saturated heterocycles. The average molecular weight is 180 g/mol. The maximum atomic E-state index is 9.81. The van der Waals surface area contributed by atoms with E-state index in [1.165, 1.54) is 21.3 Å². The predicted molar refractivity (Wildman–Crippen MR) is 42.5 cm³/mol. The van der Waals surface area contributed by atoms with Crippen molar-refractivity contribution in [2.24, 2.45) is 0 Å². The maximum absolute atomic E-state index is 9.81. The molecule has 0 aromatic carbocycles.